The average Bonchev–Trinajstić information content (AvgIpc) is 2.21. The monoisotopic (exact) mass is 272 g/mol. The largest absolute Gasteiger partial charge is 0.353 e. The molecule has 1 aliphatic carbocycles. The zero-order valence-corrected chi connectivity index (χ0v) is 10.8. The first kappa shape index (κ1) is 12.7. The second kappa shape index (κ2) is 5.25. The third-order valence-corrected chi connectivity index (χ3v) is 3.63. The van der Waals surface area contributed by atoms with Gasteiger partial charge in [0.05, 0.1) is 16.5 Å². The summed E-state index contributed by atoms with van der Waals surface area (Å²) in [6.45, 7) is 0. The molecule has 0 bridgehead atoms. The van der Waals surface area contributed by atoms with E-state index in [2.05, 4.69) is 5.32 Å². The lowest BCUT2D eigenvalue weighted by Crippen LogP contribution is -2.50. The van der Waals surface area contributed by atoms with Crippen LogP contribution in [0.5, 0.6) is 0 Å². The van der Waals surface area contributed by atoms with Crippen LogP contribution in [0.15, 0.2) is 18.2 Å². The van der Waals surface area contributed by atoms with Crippen molar-refractivity contribution in [3.05, 3.63) is 33.8 Å². The summed E-state index contributed by atoms with van der Waals surface area (Å²) in [7, 11) is 0. The molecule has 0 radical (unpaired) electrons. The molecule has 0 atom stereocenters. The van der Waals surface area contributed by atoms with Crippen LogP contribution in [0.25, 0.3) is 0 Å². The number of benzene rings is 1. The van der Waals surface area contributed by atoms with Gasteiger partial charge in [0.15, 0.2) is 0 Å². The van der Waals surface area contributed by atoms with Crippen LogP contribution in [0, 0.1) is 0 Å². The Hall–Kier alpha value is -0.770. The minimum Gasteiger partial charge on any atom is -0.353 e. The van der Waals surface area contributed by atoms with Gasteiger partial charge in [-0.05, 0) is 30.5 Å². The number of amides is 1. The number of nitrogens with two attached hydrogens (primary N) is 1. The number of halogens is 2. The van der Waals surface area contributed by atoms with Crippen molar-refractivity contribution in [2.24, 2.45) is 5.73 Å². The van der Waals surface area contributed by atoms with Gasteiger partial charge < -0.3 is 11.1 Å². The Morgan fingerprint density at radius 1 is 1.35 bits per heavy atom. The van der Waals surface area contributed by atoms with Crippen LogP contribution in [0.1, 0.15) is 18.4 Å². The van der Waals surface area contributed by atoms with Gasteiger partial charge in [-0.2, -0.15) is 0 Å². The standard InChI is InChI=1S/C12H14Cl2N2O/c13-10-2-1-7(3-11(10)14)4-12(17)16-9-5-8(15)6-9/h1-3,8-9H,4-6,15H2,(H,16,17). The summed E-state index contributed by atoms with van der Waals surface area (Å²) in [6, 6.07) is 5.70. The Balaban J connectivity index is 1.87. The molecule has 1 amide bonds. The molecule has 17 heavy (non-hydrogen) atoms. The quantitative estimate of drug-likeness (QED) is 0.886. The molecule has 0 aliphatic heterocycles. The molecule has 1 aromatic rings. The Labute approximate surface area is 110 Å². The van der Waals surface area contributed by atoms with Gasteiger partial charge in [-0.1, -0.05) is 29.3 Å². The van der Waals surface area contributed by atoms with Gasteiger partial charge >= 0.3 is 0 Å². The normalized spacial score (nSPS) is 23.0. The molecule has 0 spiro atoms. The first-order valence-electron chi connectivity index (χ1n) is 5.53. The van der Waals surface area contributed by atoms with Crippen molar-refractivity contribution in [1.82, 2.24) is 5.32 Å². The van der Waals surface area contributed by atoms with Crippen LogP contribution in [0.2, 0.25) is 10.0 Å². The van der Waals surface area contributed by atoms with E-state index in [-0.39, 0.29) is 18.0 Å². The Morgan fingerprint density at radius 2 is 2.06 bits per heavy atom. The lowest BCUT2D eigenvalue weighted by molar-refractivity contribution is -0.121. The maximum atomic E-state index is 11.7. The van der Waals surface area contributed by atoms with Gasteiger partial charge in [0.25, 0.3) is 0 Å². The van der Waals surface area contributed by atoms with Crippen LogP contribution in [-0.4, -0.2) is 18.0 Å². The summed E-state index contributed by atoms with van der Waals surface area (Å²) >= 11 is 11.7. The van der Waals surface area contributed by atoms with Gasteiger partial charge in [0.2, 0.25) is 5.91 Å². The SMILES string of the molecule is NC1CC(NC(=O)Cc2ccc(Cl)c(Cl)c2)C1. The second-order valence-electron chi connectivity index (χ2n) is 4.42. The summed E-state index contributed by atoms with van der Waals surface area (Å²) < 4.78 is 0. The summed E-state index contributed by atoms with van der Waals surface area (Å²) in [5.41, 5.74) is 6.51. The number of carbonyl (C=O) groups excluding carboxylic acids is 1. The van der Waals surface area contributed by atoms with Crippen LogP contribution in [-0.2, 0) is 11.2 Å². The van der Waals surface area contributed by atoms with Crippen molar-refractivity contribution in [3.8, 4) is 0 Å². The van der Waals surface area contributed by atoms with Crippen molar-refractivity contribution >= 4 is 29.1 Å². The van der Waals surface area contributed by atoms with Crippen LogP contribution >= 0.6 is 23.2 Å². The molecule has 1 aromatic carbocycles. The van der Waals surface area contributed by atoms with Crippen LogP contribution < -0.4 is 11.1 Å². The first-order chi connectivity index (χ1) is 8.04. The molecule has 92 valence electrons. The Bertz CT molecular complexity index is 431. The lowest BCUT2D eigenvalue weighted by Gasteiger charge is -2.32. The van der Waals surface area contributed by atoms with Crippen LogP contribution in [0.4, 0.5) is 0 Å². The predicted octanol–water partition coefficient (Wildman–Crippen LogP) is 2.14. The van der Waals surface area contributed by atoms with Crippen molar-refractivity contribution in [3.63, 3.8) is 0 Å². The van der Waals surface area contributed by atoms with E-state index in [1.807, 2.05) is 0 Å². The number of rotatable bonds is 3. The van der Waals surface area contributed by atoms with E-state index in [1.54, 1.807) is 18.2 Å². The molecule has 1 saturated carbocycles. The molecule has 3 N–H and O–H groups in total. The minimum atomic E-state index is 0.000268. The maximum Gasteiger partial charge on any atom is 0.224 e. The Morgan fingerprint density at radius 3 is 2.65 bits per heavy atom. The highest BCUT2D eigenvalue weighted by atomic mass is 35.5. The van der Waals surface area contributed by atoms with Crippen molar-refractivity contribution in [2.75, 3.05) is 0 Å². The van der Waals surface area contributed by atoms with Crippen molar-refractivity contribution < 1.29 is 4.79 Å². The van der Waals surface area contributed by atoms with E-state index in [9.17, 15) is 4.79 Å². The summed E-state index contributed by atoms with van der Waals surface area (Å²) in [6.07, 6.45) is 2.06. The van der Waals surface area contributed by atoms with Gasteiger partial charge in [-0.15, -0.1) is 0 Å². The molecule has 0 heterocycles. The van der Waals surface area contributed by atoms with E-state index in [1.165, 1.54) is 0 Å². The fourth-order valence-electron chi connectivity index (χ4n) is 1.89. The topological polar surface area (TPSA) is 55.1 Å². The maximum absolute atomic E-state index is 11.7. The highest BCUT2D eigenvalue weighted by molar-refractivity contribution is 6.42. The molecule has 0 saturated heterocycles. The van der Waals surface area contributed by atoms with Gasteiger partial charge in [0, 0.05) is 12.1 Å². The van der Waals surface area contributed by atoms with E-state index >= 15 is 0 Å². The number of nitrogens with one attached hydrogen (secondary N) is 1. The molecule has 0 aromatic heterocycles. The van der Waals surface area contributed by atoms with Gasteiger partial charge in [0.1, 0.15) is 0 Å². The third kappa shape index (κ3) is 3.35. The molecule has 1 fully saturated rings. The van der Waals surface area contributed by atoms with E-state index in [0.717, 1.165) is 18.4 Å². The number of hydrogen-bond acceptors (Lipinski definition) is 2. The van der Waals surface area contributed by atoms with Crippen molar-refractivity contribution in [1.29, 1.82) is 0 Å². The van der Waals surface area contributed by atoms with Gasteiger partial charge in [-0.3, -0.25) is 4.79 Å². The zero-order valence-electron chi connectivity index (χ0n) is 9.25. The highest BCUT2D eigenvalue weighted by Gasteiger charge is 2.26. The zero-order chi connectivity index (χ0) is 12.4. The molecule has 5 heteroatoms. The predicted molar refractivity (Wildman–Crippen MR) is 69.3 cm³/mol. The average molecular weight is 273 g/mol. The minimum absolute atomic E-state index is 0.000268. The van der Waals surface area contributed by atoms with Crippen molar-refractivity contribution in [2.45, 2.75) is 31.3 Å². The molecule has 0 unspecified atom stereocenters. The van der Waals surface area contributed by atoms with E-state index in [0.29, 0.717) is 16.5 Å². The fourth-order valence-corrected chi connectivity index (χ4v) is 2.21. The van der Waals surface area contributed by atoms with Crippen LogP contribution in [0.3, 0.4) is 0 Å². The lowest BCUT2D eigenvalue weighted by atomic mass is 9.87. The highest BCUT2D eigenvalue weighted by Crippen LogP contribution is 2.23. The second-order valence-corrected chi connectivity index (χ2v) is 5.24. The third-order valence-electron chi connectivity index (χ3n) is 2.89. The first-order valence-corrected chi connectivity index (χ1v) is 6.29. The molecular weight excluding hydrogens is 259 g/mol. The Kier molecular flexibility index (Phi) is 3.92. The van der Waals surface area contributed by atoms with Gasteiger partial charge in [-0.25, -0.2) is 0 Å². The molecule has 2 rings (SSSR count). The molecular formula is C12H14Cl2N2O. The summed E-state index contributed by atoms with van der Waals surface area (Å²) in [5, 5.41) is 3.91. The smallest absolute Gasteiger partial charge is 0.224 e. The molecule has 3 nitrogen and oxygen atoms in total. The fraction of sp³-hybridized carbons (Fsp3) is 0.417. The van der Waals surface area contributed by atoms with E-state index < -0.39 is 0 Å². The molecule has 1 aliphatic rings. The number of carbonyl (C=O) groups is 1. The van der Waals surface area contributed by atoms with E-state index in [4.69, 9.17) is 28.9 Å². The summed E-state index contributed by atoms with van der Waals surface area (Å²) in [5.74, 6) is 0.000268. The number of hydrogen-bond donors (Lipinski definition) is 2. The summed E-state index contributed by atoms with van der Waals surface area (Å²) in [4.78, 5) is 11.7.